The van der Waals surface area contributed by atoms with Crippen LogP contribution in [-0.2, 0) is 22.6 Å². The first-order valence-electron chi connectivity index (χ1n) is 7.56. The Labute approximate surface area is 142 Å². The Bertz CT molecular complexity index is 960. The van der Waals surface area contributed by atoms with E-state index in [2.05, 4.69) is 0 Å². The van der Waals surface area contributed by atoms with Crippen LogP contribution in [0.25, 0.3) is 11.0 Å². The standard InChI is InChI=1S/C19H15FO5/c1-23-15-6-7-16-13(9-19(22)25-17(16)10-15)11-24-18(21)8-12-2-4-14(20)5-3-12/h2-7,9-10H,8,11H2,1H3. The molecule has 0 radical (unpaired) electrons. The van der Waals surface area contributed by atoms with Crippen molar-refractivity contribution >= 4 is 16.9 Å². The summed E-state index contributed by atoms with van der Waals surface area (Å²) in [6, 6.07) is 12.0. The van der Waals surface area contributed by atoms with Gasteiger partial charge in [-0.3, -0.25) is 4.79 Å². The fraction of sp³-hybridized carbons (Fsp3) is 0.158. The predicted molar refractivity (Wildman–Crippen MR) is 88.9 cm³/mol. The first-order valence-corrected chi connectivity index (χ1v) is 7.56. The molecular weight excluding hydrogens is 327 g/mol. The first kappa shape index (κ1) is 16.7. The Morgan fingerprint density at radius 2 is 1.88 bits per heavy atom. The molecule has 0 amide bonds. The van der Waals surface area contributed by atoms with Crippen LogP contribution in [0.1, 0.15) is 11.1 Å². The van der Waals surface area contributed by atoms with Crippen molar-refractivity contribution in [1.29, 1.82) is 0 Å². The number of ether oxygens (including phenoxy) is 2. The molecule has 2 aromatic carbocycles. The summed E-state index contributed by atoms with van der Waals surface area (Å²) < 4.78 is 28.4. The van der Waals surface area contributed by atoms with Crippen molar-refractivity contribution in [2.75, 3.05) is 7.11 Å². The summed E-state index contributed by atoms with van der Waals surface area (Å²) in [5.74, 6) is -0.280. The number of rotatable bonds is 5. The van der Waals surface area contributed by atoms with Crippen molar-refractivity contribution in [2.45, 2.75) is 13.0 Å². The quantitative estimate of drug-likeness (QED) is 0.526. The molecule has 1 heterocycles. The number of esters is 1. The fourth-order valence-electron chi connectivity index (χ4n) is 2.43. The maximum Gasteiger partial charge on any atom is 0.336 e. The van der Waals surface area contributed by atoms with Gasteiger partial charge in [0.15, 0.2) is 0 Å². The molecule has 0 atom stereocenters. The van der Waals surface area contributed by atoms with Crippen LogP contribution in [0.2, 0.25) is 0 Å². The zero-order valence-corrected chi connectivity index (χ0v) is 13.5. The zero-order chi connectivity index (χ0) is 17.8. The minimum Gasteiger partial charge on any atom is -0.497 e. The molecule has 25 heavy (non-hydrogen) atoms. The molecule has 6 heteroatoms. The second-order valence-electron chi connectivity index (χ2n) is 5.42. The predicted octanol–water partition coefficient (Wildman–Crippen LogP) is 3.23. The van der Waals surface area contributed by atoms with E-state index >= 15 is 0 Å². The minimum absolute atomic E-state index is 0.0213. The number of carbonyl (C=O) groups excluding carboxylic acids is 1. The van der Waals surface area contributed by atoms with Gasteiger partial charge in [0, 0.05) is 23.1 Å². The van der Waals surface area contributed by atoms with Crippen LogP contribution >= 0.6 is 0 Å². The molecule has 0 unspecified atom stereocenters. The third-order valence-electron chi connectivity index (χ3n) is 3.69. The van der Waals surface area contributed by atoms with Gasteiger partial charge in [0.25, 0.3) is 0 Å². The summed E-state index contributed by atoms with van der Waals surface area (Å²) in [6.45, 7) is -0.0611. The Hall–Kier alpha value is -3.15. The molecule has 0 spiro atoms. The topological polar surface area (TPSA) is 65.7 Å². The molecule has 0 N–H and O–H groups in total. The third kappa shape index (κ3) is 4.03. The van der Waals surface area contributed by atoms with Gasteiger partial charge in [0.05, 0.1) is 13.5 Å². The van der Waals surface area contributed by atoms with E-state index in [4.69, 9.17) is 13.9 Å². The maximum absolute atomic E-state index is 12.9. The third-order valence-corrected chi connectivity index (χ3v) is 3.69. The van der Waals surface area contributed by atoms with Gasteiger partial charge >= 0.3 is 11.6 Å². The number of methoxy groups -OCH3 is 1. The normalized spacial score (nSPS) is 10.6. The maximum atomic E-state index is 12.9. The van der Waals surface area contributed by atoms with Gasteiger partial charge in [0.1, 0.15) is 23.8 Å². The van der Waals surface area contributed by atoms with Crippen molar-refractivity contribution < 1.29 is 23.1 Å². The molecule has 1 aromatic heterocycles. The highest BCUT2D eigenvalue weighted by Gasteiger charge is 2.10. The molecule has 3 rings (SSSR count). The lowest BCUT2D eigenvalue weighted by molar-refractivity contribution is -0.144. The lowest BCUT2D eigenvalue weighted by atomic mass is 10.1. The molecule has 0 fully saturated rings. The highest BCUT2D eigenvalue weighted by Crippen LogP contribution is 2.23. The van der Waals surface area contributed by atoms with E-state index in [9.17, 15) is 14.0 Å². The van der Waals surface area contributed by atoms with Crippen LogP contribution in [0.15, 0.2) is 57.7 Å². The van der Waals surface area contributed by atoms with Crippen LogP contribution < -0.4 is 10.4 Å². The van der Waals surface area contributed by atoms with Gasteiger partial charge in [-0.05, 0) is 29.8 Å². The number of carbonyl (C=O) groups is 1. The van der Waals surface area contributed by atoms with Crippen molar-refractivity contribution in [3.63, 3.8) is 0 Å². The molecule has 5 nitrogen and oxygen atoms in total. The second kappa shape index (κ2) is 7.17. The highest BCUT2D eigenvalue weighted by atomic mass is 19.1. The summed E-state index contributed by atoms with van der Waals surface area (Å²) in [6.07, 6.45) is 0.0213. The first-order chi connectivity index (χ1) is 12.0. The van der Waals surface area contributed by atoms with Gasteiger partial charge < -0.3 is 13.9 Å². The largest absolute Gasteiger partial charge is 0.497 e. The number of halogens is 1. The average molecular weight is 342 g/mol. The van der Waals surface area contributed by atoms with Crippen LogP contribution in [0.5, 0.6) is 5.75 Å². The summed E-state index contributed by atoms with van der Waals surface area (Å²) in [4.78, 5) is 23.6. The van der Waals surface area contributed by atoms with Crippen LogP contribution in [0, 0.1) is 5.82 Å². The average Bonchev–Trinajstić information content (AvgIpc) is 2.61. The van der Waals surface area contributed by atoms with Gasteiger partial charge in [-0.1, -0.05) is 12.1 Å². The SMILES string of the molecule is COc1ccc2c(COC(=O)Cc3ccc(F)cc3)cc(=O)oc2c1. The fourth-order valence-corrected chi connectivity index (χ4v) is 2.43. The van der Waals surface area contributed by atoms with E-state index < -0.39 is 11.6 Å². The lowest BCUT2D eigenvalue weighted by Crippen LogP contribution is -2.10. The summed E-state index contributed by atoms with van der Waals surface area (Å²) >= 11 is 0. The molecule has 0 bridgehead atoms. The molecule has 3 aromatic rings. The summed E-state index contributed by atoms with van der Waals surface area (Å²) in [5, 5.41) is 0.662. The molecular formula is C19H15FO5. The Morgan fingerprint density at radius 3 is 2.60 bits per heavy atom. The van der Waals surface area contributed by atoms with E-state index in [1.165, 1.54) is 37.4 Å². The van der Waals surface area contributed by atoms with E-state index in [1.807, 2.05) is 0 Å². The van der Waals surface area contributed by atoms with Gasteiger partial charge in [-0.2, -0.15) is 0 Å². The molecule has 0 aliphatic heterocycles. The van der Waals surface area contributed by atoms with Gasteiger partial charge in [-0.25, -0.2) is 9.18 Å². The highest BCUT2D eigenvalue weighted by molar-refractivity contribution is 5.82. The molecule has 0 aliphatic carbocycles. The summed E-state index contributed by atoms with van der Waals surface area (Å²) in [5.41, 5.74) is 1.01. The van der Waals surface area contributed by atoms with Crippen molar-refractivity contribution in [1.82, 2.24) is 0 Å². The number of benzene rings is 2. The number of hydrogen-bond donors (Lipinski definition) is 0. The summed E-state index contributed by atoms with van der Waals surface area (Å²) in [7, 11) is 1.51. The Balaban J connectivity index is 1.75. The molecule has 0 aliphatic rings. The zero-order valence-electron chi connectivity index (χ0n) is 13.5. The van der Waals surface area contributed by atoms with Crippen molar-refractivity contribution in [3.05, 3.63) is 75.9 Å². The number of hydrogen-bond acceptors (Lipinski definition) is 5. The van der Waals surface area contributed by atoms with E-state index in [1.54, 1.807) is 18.2 Å². The van der Waals surface area contributed by atoms with Crippen molar-refractivity contribution in [2.24, 2.45) is 0 Å². The monoisotopic (exact) mass is 342 g/mol. The Morgan fingerprint density at radius 1 is 1.12 bits per heavy atom. The van der Waals surface area contributed by atoms with Crippen LogP contribution in [-0.4, -0.2) is 13.1 Å². The smallest absolute Gasteiger partial charge is 0.336 e. The van der Waals surface area contributed by atoms with E-state index in [0.29, 0.717) is 27.8 Å². The second-order valence-corrected chi connectivity index (χ2v) is 5.42. The van der Waals surface area contributed by atoms with Gasteiger partial charge in [0.2, 0.25) is 0 Å². The molecule has 0 saturated carbocycles. The molecule has 0 saturated heterocycles. The van der Waals surface area contributed by atoms with Crippen molar-refractivity contribution in [3.8, 4) is 5.75 Å². The Kier molecular flexibility index (Phi) is 4.79. The lowest BCUT2D eigenvalue weighted by Gasteiger charge is -2.08. The van der Waals surface area contributed by atoms with E-state index in [0.717, 1.165) is 0 Å². The number of fused-ring (bicyclic) bond motifs is 1. The van der Waals surface area contributed by atoms with Gasteiger partial charge in [-0.15, -0.1) is 0 Å². The van der Waals surface area contributed by atoms with Crippen LogP contribution in [0.4, 0.5) is 4.39 Å². The minimum atomic E-state index is -0.537. The van der Waals surface area contributed by atoms with Crippen LogP contribution in [0.3, 0.4) is 0 Å². The van der Waals surface area contributed by atoms with E-state index in [-0.39, 0.29) is 18.8 Å². The molecule has 128 valence electrons.